The summed E-state index contributed by atoms with van der Waals surface area (Å²) in [6.07, 6.45) is 11.2. The van der Waals surface area contributed by atoms with Gasteiger partial charge in [-0.15, -0.1) is 0 Å². The highest BCUT2D eigenvalue weighted by molar-refractivity contribution is 7.87. The number of fused-ring (bicyclic) bond motifs is 7. The second-order valence-corrected chi connectivity index (χ2v) is 16.0. The number of carbonyl (C=O) groups is 2. The Balaban J connectivity index is 1.38. The van der Waals surface area contributed by atoms with Crippen molar-refractivity contribution < 1.29 is 27.9 Å². The predicted octanol–water partition coefficient (Wildman–Crippen LogP) is 4.39. The van der Waals surface area contributed by atoms with Crippen molar-refractivity contribution in [2.45, 2.75) is 50.6 Å². The minimum absolute atomic E-state index is 0.0655. The fourth-order valence-electron chi connectivity index (χ4n) is 8.79. The van der Waals surface area contributed by atoms with Gasteiger partial charge in [-0.3, -0.25) is 14.5 Å². The van der Waals surface area contributed by atoms with Crippen molar-refractivity contribution in [1.29, 1.82) is 0 Å². The Morgan fingerprint density at radius 3 is 2.50 bits per heavy atom. The molecule has 2 aliphatic carbocycles. The molecule has 5 aliphatic rings. The first-order chi connectivity index (χ1) is 23.0. The Kier molecular flexibility index (Phi) is 8.50. The summed E-state index contributed by atoms with van der Waals surface area (Å²) in [6, 6.07) is 15.9. The highest BCUT2D eigenvalue weighted by Crippen LogP contribution is 2.57. The van der Waals surface area contributed by atoms with E-state index in [1.165, 1.54) is 26.1 Å². The van der Waals surface area contributed by atoms with E-state index in [-0.39, 0.29) is 30.0 Å². The van der Waals surface area contributed by atoms with Gasteiger partial charge in [0.2, 0.25) is 0 Å². The van der Waals surface area contributed by atoms with Gasteiger partial charge in [-0.05, 0) is 59.7 Å². The molecule has 3 heterocycles. The number of likely N-dealkylation sites (tertiary alicyclic amines) is 1. The third-order valence-corrected chi connectivity index (χ3v) is 12.5. The lowest BCUT2D eigenvalue weighted by Crippen LogP contribution is -2.48. The van der Waals surface area contributed by atoms with Crippen LogP contribution in [0.1, 0.15) is 54.7 Å². The fraction of sp³-hybridized carbons (Fsp3) is 0.459. The summed E-state index contributed by atoms with van der Waals surface area (Å²) in [5, 5.41) is 11.2. The minimum atomic E-state index is -4.00. The van der Waals surface area contributed by atoms with E-state index in [1.54, 1.807) is 13.2 Å². The molecule has 11 heteroatoms. The van der Waals surface area contributed by atoms with Gasteiger partial charge < -0.3 is 14.7 Å². The fourth-order valence-corrected chi connectivity index (χ4v) is 9.32. The normalized spacial score (nSPS) is 27.1. The summed E-state index contributed by atoms with van der Waals surface area (Å²) in [4.78, 5) is 31.6. The standard InChI is InChI=1S/C37H44N4O6S/c1-39(2)48(45,46)38-35(42)26-14-16-29-32(18-26)41-23-37(36(43)44)22-40(20-24-10-6-4-7-11-24)21-31(37)30-19-27(47-3)15-17-28(30)34(41)33(29)25-12-8-5-9-13-25/h4,6-7,10-11,14-19,25,29,31-32H,5,8-9,12-13,20-23H2,1-3H3,(H,38,42)(H,43,44). The van der Waals surface area contributed by atoms with E-state index in [9.17, 15) is 23.1 Å². The van der Waals surface area contributed by atoms with Crippen LogP contribution in [0.4, 0.5) is 0 Å². The molecule has 0 radical (unpaired) electrons. The molecule has 4 atom stereocenters. The van der Waals surface area contributed by atoms with Crippen LogP contribution in [-0.4, -0.2) is 86.4 Å². The van der Waals surface area contributed by atoms with E-state index in [0.717, 1.165) is 52.4 Å². The van der Waals surface area contributed by atoms with E-state index in [2.05, 4.69) is 32.7 Å². The SMILES string of the molecule is COc1ccc2c(c1)C1CN(Cc3ccccc3)CC1(C(=O)O)CN1C2=C(C2CCCCC2)C2C=CC(C(=O)NS(=O)(=O)N(C)C)=CC21. The van der Waals surface area contributed by atoms with E-state index in [4.69, 9.17) is 4.74 Å². The van der Waals surface area contributed by atoms with Crippen LogP contribution in [0.2, 0.25) is 0 Å². The number of hydrogen-bond donors (Lipinski definition) is 2. The second-order valence-electron chi connectivity index (χ2n) is 14.1. The first kappa shape index (κ1) is 32.6. The van der Waals surface area contributed by atoms with Crippen LogP contribution in [-0.2, 0) is 26.3 Å². The third kappa shape index (κ3) is 5.55. The van der Waals surface area contributed by atoms with E-state index >= 15 is 0 Å². The molecule has 1 amide bonds. The number of aliphatic carboxylic acids is 1. The van der Waals surface area contributed by atoms with Crippen molar-refractivity contribution in [3.05, 3.63) is 94.6 Å². The predicted molar refractivity (Wildman–Crippen MR) is 183 cm³/mol. The summed E-state index contributed by atoms with van der Waals surface area (Å²) in [7, 11) is 0.382. The van der Waals surface area contributed by atoms with E-state index in [0.29, 0.717) is 31.3 Å². The number of methoxy groups -OCH3 is 1. The second kappa shape index (κ2) is 12.5. The number of carbonyl (C=O) groups excluding carboxylic acids is 1. The summed E-state index contributed by atoms with van der Waals surface area (Å²) in [5.41, 5.74) is 4.63. The maximum Gasteiger partial charge on any atom is 0.313 e. The topological polar surface area (TPSA) is 119 Å². The maximum atomic E-state index is 13.7. The molecule has 10 nitrogen and oxygen atoms in total. The van der Waals surface area contributed by atoms with Crippen molar-refractivity contribution in [2.75, 3.05) is 40.8 Å². The van der Waals surface area contributed by atoms with E-state index < -0.39 is 27.5 Å². The van der Waals surface area contributed by atoms with Gasteiger partial charge in [0.1, 0.15) is 11.2 Å². The Hall–Kier alpha value is -3.93. The molecule has 2 aromatic rings. The average molecular weight is 673 g/mol. The molecule has 0 spiro atoms. The molecule has 2 N–H and O–H groups in total. The molecule has 4 unspecified atom stereocenters. The smallest absolute Gasteiger partial charge is 0.313 e. The first-order valence-corrected chi connectivity index (χ1v) is 18.3. The third-order valence-electron chi connectivity index (χ3n) is 11.1. The number of carboxylic acid groups (broad SMARTS) is 1. The van der Waals surface area contributed by atoms with E-state index in [1.807, 2.05) is 42.5 Å². The molecule has 254 valence electrons. The number of amides is 1. The van der Waals surface area contributed by atoms with Gasteiger partial charge >= 0.3 is 16.2 Å². The van der Waals surface area contributed by atoms with Crippen molar-refractivity contribution in [3.8, 4) is 5.75 Å². The van der Waals surface area contributed by atoms with Crippen LogP contribution >= 0.6 is 0 Å². The number of ether oxygens (including phenoxy) is 1. The molecule has 0 bridgehead atoms. The molecule has 0 aromatic heterocycles. The number of hydrogen-bond acceptors (Lipinski definition) is 7. The molecule has 1 saturated carbocycles. The summed E-state index contributed by atoms with van der Waals surface area (Å²) in [6.45, 7) is 1.85. The highest BCUT2D eigenvalue weighted by atomic mass is 32.2. The van der Waals surface area contributed by atoms with Gasteiger partial charge in [0, 0.05) is 68.9 Å². The first-order valence-electron chi connectivity index (χ1n) is 16.9. The largest absolute Gasteiger partial charge is 0.497 e. The van der Waals surface area contributed by atoms with Crippen LogP contribution in [0.15, 0.2) is 77.9 Å². The summed E-state index contributed by atoms with van der Waals surface area (Å²) < 4.78 is 34.0. The van der Waals surface area contributed by atoms with Crippen LogP contribution in [0.25, 0.3) is 5.70 Å². The Bertz CT molecular complexity index is 1810. The molecule has 7 rings (SSSR count). The lowest BCUT2D eigenvalue weighted by molar-refractivity contribution is -0.150. The molecule has 2 aromatic carbocycles. The average Bonchev–Trinajstić information content (AvgIpc) is 3.57. The lowest BCUT2D eigenvalue weighted by Gasteiger charge is -2.37. The van der Waals surface area contributed by atoms with Crippen molar-refractivity contribution in [1.82, 2.24) is 18.8 Å². The van der Waals surface area contributed by atoms with Crippen molar-refractivity contribution in [3.63, 3.8) is 0 Å². The lowest BCUT2D eigenvalue weighted by atomic mass is 9.72. The molecule has 48 heavy (non-hydrogen) atoms. The number of nitrogens with zero attached hydrogens (tertiary/aromatic N) is 3. The van der Waals surface area contributed by atoms with Crippen molar-refractivity contribution >= 4 is 27.8 Å². The number of rotatable bonds is 8. The maximum absolute atomic E-state index is 13.7. The Morgan fingerprint density at radius 2 is 1.81 bits per heavy atom. The molecule has 3 aliphatic heterocycles. The van der Waals surface area contributed by atoms with Gasteiger partial charge in [-0.2, -0.15) is 12.7 Å². The number of nitrogens with one attached hydrogen (secondary N) is 1. The van der Waals surface area contributed by atoms with Crippen LogP contribution in [0.5, 0.6) is 5.75 Å². The molecule has 1 saturated heterocycles. The molecule has 2 fully saturated rings. The number of benzene rings is 2. The Morgan fingerprint density at radius 1 is 1.06 bits per heavy atom. The van der Waals surface area contributed by atoms with Gasteiger partial charge in [0.15, 0.2) is 0 Å². The highest BCUT2D eigenvalue weighted by Gasteiger charge is 2.59. The summed E-state index contributed by atoms with van der Waals surface area (Å²) >= 11 is 0. The van der Waals surface area contributed by atoms with Crippen LogP contribution < -0.4 is 9.46 Å². The quantitative estimate of drug-likeness (QED) is 0.424. The zero-order valence-corrected chi connectivity index (χ0v) is 28.6. The molecular weight excluding hydrogens is 628 g/mol. The van der Waals surface area contributed by atoms with Gasteiger partial charge in [-0.1, -0.05) is 61.7 Å². The zero-order valence-electron chi connectivity index (χ0n) is 27.8. The van der Waals surface area contributed by atoms with Gasteiger partial charge in [-0.25, -0.2) is 4.72 Å². The number of carboxylic acids is 1. The van der Waals surface area contributed by atoms with Gasteiger partial charge in [0.25, 0.3) is 5.91 Å². The monoisotopic (exact) mass is 672 g/mol. The summed E-state index contributed by atoms with van der Waals surface area (Å²) in [5.74, 6) is -0.887. The van der Waals surface area contributed by atoms with Gasteiger partial charge in [0.05, 0.1) is 13.2 Å². The minimum Gasteiger partial charge on any atom is -0.497 e. The van der Waals surface area contributed by atoms with Crippen molar-refractivity contribution in [2.24, 2.45) is 17.3 Å². The van der Waals surface area contributed by atoms with Crippen LogP contribution in [0.3, 0.4) is 0 Å². The molecular formula is C37H44N4O6S. The van der Waals surface area contributed by atoms with Crippen LogP contribution in [0, 0.1) is 17.3 Å². The zero-order chi connectivity index (χ0) is 33.8. The Labute approximate surface area is 282 Å².